The van der Waals surface area contributed by atoms with Crippen LogP contribution in [0, 0.1) is 0 Å². The second-order valence-electron chi connectivity index (χ2n) is 8.30. The molecule has 0 saturated heterocycles. The van der Waals surface area contributed by atoms with Crippen LogP contribution in [0.3, 0.4) is 0 Å². The first-order valence-corrected chi connectivity index (χ1v) is 13.2. The van der Waals surface area contributed by atoms with Crippen molar-refractivity contribution in [1.82, 2.24) is 20.2 Å². The van der Waals surface area contributed by atoms with Crippen molar-refractivity contribution < 1.29 is 23.1 Å². The molecule has 34 heavy (non-hydrogen) atoms. The molecule has 0 bridgehead atoms. The smallest absolute Gasteiger partial charge is 0.179 e. The highest BCUT2D eigenvalue weighted by Gasteiger charge is 2.15. The quantitative estimate of drug-likeness (QED) is 0.387. The van der Waals surface area contributed by atoms with Crippen molar-refractivity contribution in [2.24, 2.45) is 0 Å². The number of Topliss-reactive ketones (excluding diaryl/α,β-unsaturated/α-hetero) is 1. The predicted octanol–water partition coefficient (Wildman–Crippen LogP) is 3.14. The third kappa shape index (κ3) is 7.11. The van der Waals surface area contributed by atoms with Gasteiger partial charge in [-0.25, -0.2) is 8.42 Å². The van der Waals surface area contributed by atoms with Gasteiger partial charge in [0.2, 0.25) is 0 Å². The molecular formula is C24H30N4O5S. The molecule has 0 aliphatic carbocycles. The van der Waals surface area contributed by atoms with Crippen LogP contribution in [0.25, 0.3) is 0 Å². The van der Waals surface area contributed by atoms with Crippen molar-refractivity contribution in [3.05, 3.63) is 64.5 Å². The molecule has 0 unspecified atom stereocenters. The van der Waals surface area contributed by atoms with Crippen LogP contribution in [-0.4, -0.2) is 51.5 Å². The molecule has 3 rings (SSSR count). The van der Waals surface area contributed by atoms with Crippen LogP contribution >= 0.6 is 0 Å². The molecule has 0 radical (unpaired) electrons. The van der Waals surface area contributed by atoms with Crippen LogP contribution in [-0.2, 0) is 35.8 Å². The topological polar surface area (TPSA) is 124 Å². The molecule has 0 saturated carbocycles. The van der Waals surface area contributed by atoms with Crippen molar-refractivity contribution in [1.29, 1.82) is 0 Å². The van der Waals surface area contributed by atoms with Crippen molar-refractivity contribution in [2.45, 2.75) is 52.7 Å². The average Bonchev–Trinajstić information content (AvgIpc) is 3.21. The molecule has 1 N–H and O–H groups in total. The number of tetrazole rings is 1. The molecule has 0 aliphatic heterocycles. The highest BCUT2D eigenvalue weighted by molar-refractivity contribution is 7.90. The van der Waals surface area contributed by atoms with Gasteiger partial charge >= 0.3 is 0 Å². The molecule has 9 nitrogen and oxygen atoms in total. The Bertz CT molecular complexity index is 1240. The van der Waals surface area contributed by atoms with E-state index >= 15 is 0 Å². The summed E-state index contributed by atoms with van der Waals surface area (Å²) < 4.78 is 28.4. The van der Waals surface area contributed by atoms with Gasteiger partial charge in [-0.2, -0.15) is 4.80 Å². The van der Waals surface area contributed by atoms with E-state index in [9.17, 15) is 18.3 Å². The summed E-state index contributed by atoms with van der Waals surface area (Å²) in [6.07, 6.45) is 3.64. The van der Waals surface area contributed by atoms with Gasteiger partial charge in [0, 0.05) is 18.2 Å². The average molecular weight is 487 g/mol. The lowest BCUT2D eigenvalue weighted by atomic mass is 9.97. The lowest BCUT2D eigenvalue weighted by Gasteiger charge is -2.14. The lowest BCUT2D eigenvalue weighted by Crippen LogP contribution is -2.09. The normalized spacial score (nSPS) is 11.5. The fourth-order valence-corrected chi connectivity index (χ4v) is 4.24. The standard InChI is InChI=1S/C24H30N4O5S/c1-4-6-22-19(9-12-21(17(2)29)24(22)30)16-33-20-10-7-18(8-11-20)15-23-25-27-28(26-23)13-5-14-34(3,31)32/h7-12,30H,4-6,13-16H2,1-3H3. The number of aromatic nitrogens is 4. The number of rotatable bonds is 12. The summed E-state index contributed by atoms with van der Waals surface area (Å²) >= 11 is 0. The van der Waals surface area contributed by atoms with E-state index in [0.29, 0.717) is 42.9 Å². The van der Waals surface area contributed by atoms with Crippen LogP contribution in [0.4, 0.5) is 0 Å². The minimum Gasteiger partial charge on any atom is -0.507 e. The van der Waals surface area contributed by atoms with E-state index in [1.165, 1.54) is 18.0 Å². The Morgan fingerprint density at radius 2 is 1.88 bits per heavy atom. The number of benzene rings is 2. The van der Waals surface area contributed by atoms with E-state index in [1.807, 2.05) is 37.3 Å². The van der Waals surface area contributed by atoms with Gasteiger partial charge < -0.3 is 9.84 Å². The predicted molar refractivity (Wildman–Crippen MR) is 128 cm³/mol. The van der Waals surface area contributed by atoms with Crippen LogP contribution in [0.5, 0.6) is 11.5 Å². The first-order chi connectivity index (χ1) is 16.2. The van der Waals surface area contributed by atoms with Gasteiger partial charge in [0.05, 0.1) is 17.9 Å². The Morgan fingerprint density at radius 1 is 1.15 bits per heavy atom. The molecule has 1 heterocycles. The number of hydrogen-bond acceptors (Lipinski definition) is 8. The highest BCUT2D eigenvalue weighted by Crippen LogP contribution is 2.29. The number of ether oxygens (including phenoxy) is 1. The van der Waals surface area contributed by atoms with E-state index in [1.54, 1.807) is 6.07 Å². The van der Waals surface area contributed by atoms with E-state index in [-0.39, 0.29) is 23.9 Å². The maximum Gasteiger partial charge on any atom is 0.179 e. The highest BCUT2D eigenvalue weighted by atomic mass is 32.2. The number of aromatic hydroxyl groups is 1. The molecule has 0 atom stereocenters. The number of aryl methyl sites for hydroxylation is 1. The second-order valence-corrected chi connectivity index (χ2v) is 10.6. The van der Waals surface area contributed by atoms with Gasteiger partial charge in [0.25, 0.3) is 0 Å². The Hall–Kier alpha value is -3.27. The van der Waals surface area contributed by atoms with Crippen molar-refractivity contribution in [2.75, 3.05) is 12.0 Å². The van der Waals surface area contributed by atoms with Crippen LogP contribution < -0.4 is 4.74 Å². The van der Waals surface area contributed by atoms with E-state index in [0.717, 1.165) is 23.1 Å². The Morgan fingerprint density at radius 3 is 2.53 bits per heavy atom. The van der Waals surface area contributed by atoms with Gasteiger partial charge in [-0.3, -0.25) is 4.79 Å². The first kappa shape index (κ1) is 25.4. The van der Waals surface area contributed by atoms with Crippen LogP contribution in [0.2, 0.25) is 0 Å². The molecule has 0 amide bonds. The molecule has 0 aliphatic rings. The maximum absolute atomic E-state index is 11.7. The molecule has 182 valence electrons. The van der Waals surface area contributed by atoms with Gasteiger partial charge in [-0.05, 0) is 54.3 Å². The summed E-state index contributed by atoms with van der Waals surface area (Å²) in [7, 11) is -3.00. The molecule has 3 aromatic rings. The maximum atomic E-state index is 11.7. The molecular weight excluding hydrogens is 456 g/mol. The molecule has 0 fully saturated rings. The Labute approximate surface area is 199 Å². The number of hydrogen-bond donors (Lipinski definition) is 1. The summed E-state index contributed by atoms with van der Waals surface area (Å²) in [5.41, 5.74) is 2.92. The van der Waals surface area contributed by atoms with Crippen LogP contribution in [0.15, 0.2) is 36.4 Å². The van der Waals surface area contributed by atoms with Gasteiger partial charge in [-0.15, -0.1) is 10.2 Å². The van der Waals surface area contributed by atoms with Gasteiger partial charge in [0.1, 0.15) is 27.9 Å². The van der Waals surface area contributed by atoms with E-state index < -0.39 is 9.84 Å². The Balaban J connectivity index is 1.59. The summed E-state index contributed by atoms with van der Waals surface area (Å²) in [4.78, 5) is 13.1. The minimum absolute atomic E-state index is 0.0441. The second kappa shape index (κ2) is 11.2. The third-order valence-corrected chi connectivity index (χ3v) is 6.34. The number of carbonyl (C=O) groups is 1. The fraction of sp³-hybridized carbons (Fsp3) is 0.417. The molecule has 1 aromatic heterocycles. The summed E-state index contributed by atoms with van der Waals surface area (Å²) in [5, 5.41) is 22.8. The summed E-state index contributed by atoms with van der Waals surface area (Å²) in [5.74, 6) is 1.20. The molecule has 0 spiro atoms. The van der Waals surface area contributed by atoms with Crippen molar-refractivity contribution in [3.8, 4) is 11.5 Å². The summed E-state index contributed by atoms with van der Waals surface area (Å²) in [6, 6.07) is 11.0. The largest absolute Gasteiger partial charge is 0.507 e. The van der Waals surface area contributed by atoms with Crippen molar-refractivity contribution in [3.63, 3.8) is 0 Å². The summed E-state index contributed by atoms with van der Waals surface area (Å²) in [6.45, 7) is 4.14. The van der Waals surface area contributed by atoms with Gasteiger partial charge in [-0.1, -0.05) is 31.5 Å². The zero-order valence-electron chi connectivity index (χ0n) is 19.7. The number of ketones is 1. The Kier molecular flexibility index (Phi) is 8.38. The zero-order chi connectivity index (χ0) is 24.7. The number of carbonyl (C=O) groups excluding carboxylic acids is 1. The fourth-order valence-electron chi connectivity index (χ4n) is 3.58. The number of sulfone groups is 1. The monoisotopic (exact) mass is 486 g/mol. The van der Waals surface area contributed by atoms with E-state index in [4.69, 9.17) is 4.74 Å². The SMILES string of the molecule is CCCc1c(COc2ccc(Cc3nnn(CCCS(C)(=O)=O)n3)cc2)ccc(C(C)=O)c1O. The number of phenolic OH excluding ortho intramolecular Hbond substituents is 1. The van der Waals surface area contributed by atoms with E-state index in [2.05, 4.69) is 15.4 Å². The third-order valence-electron chi connectivity index (χ3n) is 5.31. The van der Waals surface area contributed by atoms with Crippen molar-refractivity contribution >= 4 is 15.6 Å². The van der Waals surface area contributed by atoms with Crippen LogP contribution in [0.1, 0.15) is 59.6 Å². The molecule has 2 aromatic carbocycles. The number of nitrogens with zero attached hydrogens (tertiary/aromatic N) is 4. The first-order valence-electron chi connectivity index (χ1n) is 11.2. The van der Waals surface area contributed by atoms with Gasteiger partial charge in [0.15, 0.2) is 11.6 Å². The minimum atomic E-state index is -3.00. The number of phenols is 1. The zero-order valence-corrected chi connectivity index (χ0v) is 20.5. The lowest BCUT2D eigenvalue weighted by molar-refractivity contribution is 0.101. The molecule has 10 heteroatoms.